The third-order valence-electron chi connectivity index (χ3n) is 1.88. The summed E-state index contributed by atoms with van der Waals surface area (Å²) in [4.78, 5) is 19.7. The number of rotatable bonds is 3. The maximum absolute atomic E-state index is 11.0. The van der Waals surface area contributed by atoms with Crippen LogP contribution in [0.3, 0.4) is 0 Å². The molecule has 0 N–H and O–H groups in total. The van der Waals surface area contributed by atoms with Crippen LogP contribution in [0.15, 0.2) is 10.8 Å². The van der Waals surface area contributed by atoms with Crippen molar-refractivity contribution in [1.82, 2.24) is 9.97 Å². The van der Waals surface area contributed by atoms with Crippen molar-refractivity contribution in [2.75, 3.05) is 0 Å². The Hall–Kier alpha value is -1.07. The lowest BCUT2D eigenvalue weighted by atomic mass is 10.3. The minimum absolute atomic E-state index is 0.0211. The third-order valence-corrected chi connectivity index (χ3v) is 3.70. The minimum Gasteiger partial charge on any atom is -0.293 e. The second-order valence-electron chi connectivity index (χ2n) is 3.24. The van der Waals surface area contributed by atoms with E-state index in [-0.39, 0.29) is 5.78 Å². The van der Waals surface area contributed by atoms with E-state index in [0.717, 1.165) is 22.1 Å². The molecule has 0 aliphatic heterocycles. The number of ketones is 1. The van der Waals surface area contributed by atoms with E-state index in [0.29, 0.717) is 5.69 Å². The van der Waals surface area contributed by atoms with Crippen molar-refractivity contribution in [3.8, 4) is 0 Å². The van der Waals surface area contributed by atoms with Crippen molar-refractivity contribution < 1.29 is 4.79 Å². The molecule has 0 aliphatic rings. The summed E-state index contributed by atoms with van der Waals surface area (Å²) in [5.41, 5.74) is 1.60. The van der Waals surface area contributed by atoms with Gasteiger partial charge in [-0.05, 0) is 6.92 Å². The molecule has 2 aromatic heterocycles. The van der Waals surface area contributed by atoms with Crippen molar-refractivity contribution in [1.29, 1.82) is 0 Å². The first-order valence-electron chi connectivity index (χ1n) is 4.51. The number of hydrogen-bond donors (Lipinski definition) is 0. The summed E-state index contributed by atoms with van der Waals surface area (Å²) in [6.07, 6.45) is 0.733. The highest BCUT2D eigenvalue weighted by molar-refractivity contribution is 7.11. The van der Waals surface area contributed by atoms with E-state index in [1.807, 2.05) is 12.3 Å². The first-order valence-corrected chi connectivity index (χ1v) is 6.27. The molecule has 0 atom stereocenters. The lowest BCUT2D eigenvalue weighted by Crippen LogP contribution is -1.93. The summed E-state index contributed by atoms with van der Waals surface area (Å²) >= 11 is 3.15. The van der Waals surface area contributed by atoms with Crippen LogP contribution in [0.1, 0.15) is 33.1 Å². The van der Waals surface area contributed by atoms with Crippen LogP contribution in [0.4, 0.5) is 0 Å². The molecule has 2 heterocycles. The molecule has 0 bridgehead atoms. The van der Waals surface area contributed by atoms with Gasteiger partial charge in [0.05, 0.1) is 11.4 Å². The molecule has 0 saturated heterocycles. The Bertz CT molecular complexity index is 487. The van der Waals surface area contributed by atoms with Crippen LogP contribution in [0.25, 0.3) is 0 Å². The van der Waals surface area contributed by atoms with Gasteiger partial charge in [-0.1, -0.05) is 0 Å². The summed E-state index contributed by atoms with van der Waals surface area (Å²) < 4.78 is 0. The molecule has 0 aromatic carbocycles. The van der Waals surface area contributed by atoms with Crippen LogP contribution in [0.5, 0.6) is 0 Å². The highest BCUT2D eigenvalue weighted by Gasteiger charge is 2.08. The van der Waals surface area contributed by atoms with E-state index < -0.39 is 0 Å². The summed E-state index contributed by atoms with van der Waals surface area (Å²) in [7, 11) is 0. The summed E-state index contributed by atoms with van der Waals surface area (Å²) in [5.74, 6) is 0.0211. The highest BCUT2D eigenvalue weighted by atomic mass is 32.1. The Morgan fingerprint density at radius 2 is 1.93 bits per heavy atom. The van der Waals surface area contributed by atoms with Gasteiger partial charge in [0.15, 0.2) is 5.78 Å². The number of hydrogen-bond acceptors (Lipinski definition) is 5. The molecule has 0 unspecified atom stereocenters. The molecule has 78 valence electrons. The number of carbonyl (C=O) groups excluding carboxylic acids is 1. The molecule has 5 heteroatoms. The van der Waals surface area contributed by atoms with Crippen LogP contribution in [-0.4, -0.2) is 15.8 Å². The van der Waals surface area contributed by atoms with Crippen molar-refractivity contribution in [2.45, 2.75) is 20.3 Å². The van der Waals surface area contributed by atoms with Crippen molar-refractivity contribution in [3.63, 3.8) is 0 Å². The molecular formula is C10H10N2OS2. The standard InChI is InChI=1S/C10H10N2OS2/c1-6-4-14-9(11-6)3-10-12-8(5-15-10)7(2)13/h4-5H,3H2,1-2H3. The largest absolute Gasteiger partial charge is 0.293 e. The molecule has 2 aromatic rings. The smallest absolute Gasteiger partial charge is 0.178 e. The SMILES string of the molecule is CC(=O)c1csc(Cc2nc(C)cs2)n1. The number of carbonyl (C=O) groups is 1. The molecule has 0 amide bonds. The molecule has 0 saturated carbocycles. The van der Waals surface area contributed by atoms with Crippen LogP contribution in [0, 0.1) is 6.92 Å². The molecule has 15 heavy (non-hydrogen) atoms. The van der Waals surface area contributed by atoms with E-state index >= 15 is 0 Å². The number of thiazole rings is 2. The average Bonchev–Trinajstić information content (AvgIpc) is 2.76. The molecule has 0 radical (unpaired) electrons. The number of nitrogens with zero attached hydrogens (tertiary/aromatic N) is 2. The van der Waals surface area contributed by atoms with E-state index in [2.05, 4.69) is 9.97 Å². The maximum Gasteiger partial charge on any atom is 0.178 e. The Labute approximate surface area is 95.8 Å². The van der Waals surface area contributed by atoms with Gasteiger partial charge >= 0.3 is 0 Å². The third kappa shape index (κ3) is 2.49. The molecule has 2 rings (SSSR count). The topological polar surface area (TPSA) is 42.9 Å². The zero-order valence-corrected chi connectivity index (χ0v) is 10.1. The van der Waals surface area contributed by atoms with Crippen molar-refractivity contribution >= 4 is 28.5 Å². The maximum atomic E-state index is 11.0. The fourth-order valence-electron chi connectivity index (χ4n) is 1.17. The number of Topliss-reactive ketones (excluding diaryl/α,β-unsaturated/α-hetero) is 1. The molecule has 0 spiro atoms. The van der Waals surface area contributed by atoms with Gasteiger partial charge in [-0.3, -0.25) is 4.79 Å². The Balaban J connectivity index is 2.14. The van der Waals surface area contributed by atoms with Crippen molar-refractivity contribution in [3.05, 3.63) is 32.2 Å². The summed E-state index contributed by atoms with van der Waals surface area (Å²) in [5, 5.41) is 5.83. The fraction of sp³-hybridized carbons (Fsp3) is 0.300. The van der Waals surface area contributed by atoms with Crippen LogP contribution < -0.4 is 0 Å². The van der Waals surface area contributed by atoms with Gasteiger partial charge in [0.2, 0.25) is 0 Å². The van der Waals surface area contributed by atoms with Gasteiger partial charge in [-0.2, -0.15) is 0 Å². The zero-order valence-electron chi connectivity index (χ0n) is 8.48. The monoisotopic (exact) mass is 238 g/mol. The predicted molar refractivity (Wildman–Crippen MR) is 61.8 cm³/mol. The van der Waals surface area contributed by atoms with Crippen molar-refractivity contribution in [2.24, 2.45) is 0 Å². The quantitative estimate of drug-likeness (QED) is 0.772. The highest BCUT2D eigenvalue weighted by Crippen LogP contribution is 2.17. The van der Waals surface area contributed by atoms with E-state index in [4.69, 9.17) is 0 Å². The number of aryl methyl sites for hydroxylation is 1. The first-order chi connectivity index (χ1) is 7.15. The Kier molecular flexibility index (Phi) is 2.93. The molecular weight excluding hydrogens is 228 g/mol. The van der Waals surface area contributed by atoms with Crippen LogP contribution in [0.2, 0.25) is 0 Å². The number of aromatic nitrogens is 2. The second-order valence-corrected chi connectivity index (χ2v) is 5.13. The minimum atomic E-state index is 0.0211. The van der Waals surface area contributed by atoms with Gasteiger partial charge in [0, 0.05) is 23.4 Å². The van der Waals surface area contributed by atoms with Gasteiger partial charge in [-0.25, -0.2) is 9.97 Å². The van der Waals surface area contributed by atoms with E-state index in [1.54, 1.807) is 16.7 Å². The summed E-state index contributed by atoms with van der Waals surface area (Å²) in [6.45, 7) is 3.51. The van der Waals surface area contributed by atoms with Gasteiger partial charge in [-0.15, -0.1) is 22.7 Å². The Morgan fingerprint density at radius 3 is 2.47 bits per heavy atom. The summed E-state index contributed by atoms with van der Waals surface area (Å²) in [6, 6.07) is 0. The van der Waals surface area contributed by atoms with Crippen LogP contribution >= 0.6 is 22.7 Å². The van der Waals surface area contributed by atoms with Gasteiger partial charge in [0.1, 0.15) is 10.7 Å². The molecule has 0 aliphatic carbocycles. The predicted octanol–water partition coefficient (Wildman–Crippen LogP) is 2.70. The Morgan fingerprint density at radius 1 is 1.27 bits per heavy atom. The van der Waals surface area contributed by atoms with E-state index in [9.17, 15) is 4.79 Å². The van der Waals surface area contributed by atoms with Gasteiger partial charge in [0.25, 0.3) is 0 Å². The fourth-order valence-corrected chi connectivity index (χ4v) is 2.87. The normalized spacial score (nSPS) is 10.5. The first kappa shape index (κ1) is 10.4. The zero-order chi connectivity index (χ0) is 10.8. The molecule has 3 nitrogen and oxygen atoms in total. The lowest BCUT2D eigenvalue weighted by Gasteiger charge is -1.89. The second kappa shape index (κ2) is 4.20. The molecule has 0 fully saturated rings. The lowest BCUT2D eigenvalue weighted by molar-refractivity contribution is 0.101. The average molecular weight is 238 g/mol. The van der Waals surface area contributed by atoms with E-state index in [1.165, 1.54) is 18.3 Å². The van der Waals surface area contributed by atoms with Gasteiger partial charge < -0.3 is 0 Å². The van der Waals surface area contributed by atoms with Crippen LogP contribution in [-0.2, 0) is 6.42 Å².